The highest BCUT2D eigenvalue weighted by molar-refractivity contribution is 4.93. The van der Waals surface area contributed by atoms with Crippen LogP contribution in [0.15, 0.2) is 0 Å². The number of hydrogen-bond acceptors (Lipinski definition) is 2. The molecule has 1 atom stereocenters. The molecule has 2 fully saturated rings. The summed E-state index contributed by atoms with van der Waals surface area (Å²) in [5, 5.41) is 0. The number of likely N-dealkylation sites (N-methyl/N-ethyl adjacent to an activating group) is 1. The van der Waals surface area contributed by atoms with E-state index in [1.807, 2.05) is 0 Å². The Kier molecular flexibility index (Phi) is 2.85. The van der Waals surface area contributed by atoms with Gasteiger partial charge in [-0.1, -0.05) is 20.3 Å². The summed E-state index contributed by atoms with van der Waals surface area (Å²) >= 11 is 0. The second kappa shape index (κ2) is 3.82. The molecule has 2 saturated heterocycles. The molecule has 0 spiro atoms. The average Bonchev–Trinajstić information content (AvgIpc) is 2.24. The summed E-state index contributed by atoms with van der Waals surface area (Å²) in [7, 11) is 2.26. The Labute approximate surface area is 88.3 Å². The van der Waals surface area contributed by atoms with E-state index in [1.165, 1.54) is 45.4 Å². The topological polar surface area (TPSA) is 6.48 Å². The molecule has 0 bridgehead atoms. The van der Waals surface area contributed by atoms with Crippen molar-refractivity contribution in [3.63, 3.8) is 0 Å². The third-order valence-electron chi connectivity index (χ3n) is 3.96. The number of hydrogen-bond donors (Lipinski definition) is 0. The summed E-state index contributed by atoms with van der Waals surface area (Å²) < 4.78 is 0. The molecule has 0 radical (unpaired) electrons. The molecule has 1 unspecified atom stereocenters. The first-order chi connectivity index (χ1) is 6.59. The summed E-state index contributed by atoms with van der Waals surface area (Å²) in [5.74, 6) is 0. The zero-order chi connectivity index (χ0) is 10.2. The molecular formula is C12H24N2. The lowest BCUT2D eigenvalue weighted by molar-refractivity contribution is 0.0697. The Morgan fingerprint density at radius 2 is 1.86 bits per heavy atom. The van der Waals surface area contributed by atoms with Crippen molar-refractivity contribution in [3.8, 4) is 0 Å². The molecule has 14 heavy (non-hydrogen) atoms. The molecule has 2 nitrogen and oxygen atoms in total. The van der Waals surface area contributed by atoms with Crippen LogP contribution in [0, 0.1) is 5.41 Å². The summed E-state index contributed by atoms with van der Waals surface area (Å²) in [6.07, 6.45) is 4.27. The molecule has 0 saturated carbocycles. The molecule has 0 aromatic heterocycles. The number of fused-ring (bicyclic) bond motifs is 1. The van der Waals surface area contributed by atoms with Gasteiger partial charge in [-0.2, -0.15) is 0 Å². The van der Waals surface area contributed by atoms with Crippen LogP contribution in [0.3, 0.4) is 0 Å². The van der Waals surface area contributed by atoms with Gasteiger partial charge in [-0.25, -0.2) is 0 Å². The van der Waals surface area contributed by atoms with Crippen molar-refractivity contribution in [1.29, 1.82) is 0 Å². The van der Waals surface area contributed by atoms with Crippen molar-refractivity contribution < 1.29 is 0 Å². The lowest BCUT2D eigenvalue weighted by atomic mass is 9.79. The monoisotopic (exact) mass is 196 g/mol. The van der Waals surface area contributed by atoms with Gasteiger partial charge in [-0.05, 0) is 31.8 Å². The number of nitrogens with zero attached hydrogens (tertiary/aromatic N) is 2. The maximum Gasteiger partial charge on any atom is 0.0159 e. The van der Waals surface area contributed by atoms with Crippen LogP contribution in [-0.2, 0) is 0 Å². The van der Waals surface area contributed by atoms with E-state index in [2.05, 4.69) is 30.7 Å². The fourth-order valence-corrected chi connectivity index (χ4v) is 3.32. The van der Waals surface area contributed by atoms with Crippen molar-refractivity contribution in [1.82, 2.24) is 9.80 Å². The van der Waals surface area contributed by atoms with E-state index < -0.39 is 0 Å². The zero-order valence-corrected chi connectivity index (χ0v) is 9.92. The molecule has 0 aliphatic carbocycles. The van der Waals surface area contributed by atoms with E-state index in [0.29, 0.717) is 5.41 Å². The first-order valence-electron chi connectivity index (χ1n) is 6.02. The van der Waals surface area contributed by atoms with E-state index in [1.54, 1.807) is 0 Å². The minimum absolute atomic E-state index is 0.478. The van der Waals surface area contributed by atoms with Crippen molar-refractivity contribution >= 4 is 0 Å². The minimum Gasteiger partial charge on any atom is -0.305 e. The molecule has 2 aliphatic heterocycles. The largest absolute Gasteiger partial charge is 0.305 e. The third-order valence-corrected chi connectivity index (χ3v) is 3.96. The van der Waals surface area contributed by atoms with Gasteiger partial charge in [0.15, 0.2) is 0 Å². The normalized spacial score (nSPS) is 34.9. The predicted octanol–water partition coefficient (Wildman–Crippen LogP) is 1.81. The molecule has 2 heteroatoms. The van der Waals surface area contributed by atoms with Gasteiger partial charge in [0.05, 0.1) is 0 Å². The number of piperidine rings is 1. The van der Waals surface area contributed by atoms with Gasteiger partial charge in [0, 0.05) is 25.7 Å². The van der Waals surface area contributed by atoms with E-state index in [-0.39, 0.29) is 0 Å². The van der Waals surface area contributed by atoms with Crippen LogP contribution < -0.4 is 0 Å². The molecule has 0 aromatic carbocycles. The second-order valence-electron chi connectivity index (χ2n) is 5.77. The molecule has 0 amide bonds. The van der Waals surface area contributed by atoms with E-state index >= 15 is 0 Å². The molecule has 2 aliphatic rings. The summed E-state index contributed by atoms with van der Waals surface area (Å²) in [4.78, 5) is 5.23. The lowest BCUT2D eigenvalue weighted by Crippen LogP contribution is -2.48. The Morgan fingerprint density at radius 1 is 1.07 bits per heavy atom. The van der Waals surface area contributed by atoms with E-state index in [0.717, 1.165) is 6.04 Å². The number of rotatable bonds is 0. The summed E-state index contributed by atoms with van der Waals surface area (Å²) in [6, 6.07) is 0.834. The fraction of sp³-hybridized carbons (Fsp3) is 1.00. The molecule has 2 rings (SSSR count). The van der Waals surface area contributed by atoms with E-state index in [4.69, 9.17) is 0 Å². The van der Waals surface area contributed by atoms with Gasteiger partial charge in [0.2, 0.25) is 0 Å². The second-order valence-corrected chi connectivity index (χ2v) is 5.77. The first-order valence-corrected chi connectivity index (χ1v) is 6.02. The molecule has 0 aromatic rings. The first kappa shape index (κ1) is 10.4. The van der Waals surface area contributed by atoms with Gasteiger partial charge in [-0.3, -0.25) is 4.90 Å². The van der Waals surface area contributed by atoms with Crippen molar-refractivity contribution in [2.75, 3.05) is 33.2 Å². The summed E-state index contributed by atoms with van der Waals surface area (Å²) in [5.41, 5.74) is 0.478. The highest BCUT2D eigenvalue weighted by Crippen LogP contribution is 2.34. The quantitative estimate of drug-likeness (QED) is 0.583. The predicted molar refractivity (Wildman–Crippen MR) is 60.5 cm³/mol. The average molecular weight is 196 g/mol. The Morgan fingerprint density at radius 3 is 2.64 bits per heavy atom. The maximum absolute atomic E-state index is 2.73. The van der Waals surface area contributed by atoms with E-state index in [9.17, 15) is 0 Å². The molecule has 82 valence electrons. The van der Waals surface area contributed by atoms with Crippen LogP contribution in [0.25, 0.3) is 0 Å². The van der Waals surface area contributed by atoms with Gasteiger partial charge in [0.1, 0.15) is 0 Å². The standard InChI is InChI=1S/C12H24N2/c1-12(2)10-13(3)8-9-14-7-5-4-6-11(12)14/h11H,4-10H2,1-3H3. The summed E-state index contributed by atoms with van der Waals surface area (Å²) in [6.45, 7) is 10.0. The Balaban J connectivity index is 2.14. The third kappa shape index (κ3) is 1.96. The van der Waals surface area contributed by atoms with Crippen LogP contribution in [0.2, 0.25) is 0 Å². The highest BCUT2D eigenvalue weighted by atomic mass is 15.2. The van der Waals surface area contributed by atoms with Gasteiger partial charge >= 0.3 is 0 Å². The van der Waals surface area contributed by atoms with Crippen LogP contribution in [0.4, 0.5) is 0 Å². The molecule has 2 heterocycles. The van der Waals surface area contributed by atoms with Crippen molar-refractivity contribution in [3.05, 3.63) is 0 Å². The van der Waals surface area contributed by atoms with Crippen molar-refractivity contribution in [2.24, 2.45) is 5.41 Å². The van der Waals surface area contributed by atoms with Crippen LogP contribution in [0.1, 0.15) is 33.1 Å². The molecule has 0 N–H and O–H groups in total. The fourth-order valence-electron chi connectivity index (χ4n) is 3.32. The van der Waals surface area contributed by atoms with Crippen molar-refractivity contribution in [2.45, 2.75) is 39.2 Å². The SMILES string of the molecule is CN1CCN2CCCCC2C(C)(C)C1. The smallest absolute Gasteiger partial charge is 0.0159 e. The lowest BCUT2D eigenvalue weighted by Gasteiger charge is -2.43. The van der Waals surface area contributed by atoms with Crippen LogP contribution >= 0.6 is 0 Å². The minimum atomic E-state index is 0.478. The highest BCUT2D eigenvalue weighted by Gasteiger charge is 2.38. The van der Waals surface area contributed by atoms with Crippen LogP contribution in [-0.4, -0.2) is 49.1 Å². The van der Waals surface area contributed by atoms with Gasteiger partial charge in [0.25, 0.3) is 0 Å². The maximum atomic E-state index is 2.73. The zero-order valence-electron chi connectivity index (χ0n) is 9.92. The van der Waals surface area contributed by atoms with Crippen LogP contribution in [0.5, 0.6) is 0 Å². The molecular weight excluding hydrogens is 172 g/mol. The Bertz CT molecular complexity index is 200. The van der Waals surface area contributed by atoms with Gasteiger partial charge < -0.3 is 4.90 Å². The Hall–Kier alpha value is -0.0800. The van der Waals surface area contributed by atoms with Gasteiger partial charge in [-0.15, -0.1) is 0 Å².